The molecule has 5 rings (SSSR count). The molecular weight excluding hydrogens is 510 g/mol. The Balaban J connectivity index is 1.09. The number of ether oxygens (including phenoxy) is 1. The van der Waals surface area contributed by atoms with Crippen LogP contribution in [-0.4, -0.2) is 94.1 Å². The third-order valence-corrected chi connectivity index (χ3v) is 9.88. The maximum absolute atomic E-state index is 12.8. The topological polar surface area (TPSA) is 95.1 Å². The fraction of sp³-hybridized carbons (Fsp3) is 0.462. The summed E-state index contributed by atoms with van der Waals surface area (Å²) in [6, 6.07) is 10.5. The highest BCUT2D eigenvalue weighted by Crippen LogP contribution is 2.32. The summed E-state index contributed by atoms with van der Waals surface area (Å²) >= 11 is 1.76. The fourth-order valence-corrected chi connectivity index (χ4v) is 7.40. The van der Waals surface area contributed by atoms with Crippen LogP contribution in [0.15, 0.2) is 41.3 Å². The van der Waals surface area contributed by atoms with Gasteiger partial charge in [-0.3, -0.25) is 9.69 Å². The summed E-state index contributed by atoms with van der Waals surface area (Å²) in [4.78, 5) is 22.4. The zero-order valence-corrected chi connectivity index (χ0v) is 22.9. The molecule has 2 saturated heterocycles. The van der Waals surface area contributed by atoms with Crippen LogP contribution in [0.4, 0.5) is 5.13 Å². The predicted molar refractivity (Wildman–Crippen MR) is 146 cm³/mol. The number of carbonyl (C=O) groups excluding carboxylic acids is 1. The number of benzene rings is 2. The van der Waals surface area contributed by atoms with Gasteiger partial charge in [-0.25, -0.2) is 13.4 Å². The van der Waals surface area contributed by atoms with Gasteiger partial charge in [-0.1, -0.05) is 17.4 Å². The van der Waals surface area contributed by atoms with Crippen molar-refractivity contribution in [2.45, 2.75) is 18.7 Å². The molecule has 0 unspecified atom stereocenters. The SMILES string of the molecule is Cc1cc(C)c2nc(N3CCN(CCNC(=O)c4ccc(S(=O)(=O)N5CCOCC5)cc4)CC3)sc2c1. The maximum Gasteiger partial charge on any atom is 0.251 e. The zero-order valence-electron chi connectivity index (χ0n) is 21.3. The standard InChI is InChI=1S/C26H33N5O4S2/c1-19-17-20(2)24-23(18-19)36-26(28-24)30-11-9-29(10-12-30)8-7-27-25(32)21-3-5-22(6-4-21)37(33,34)31-13-15-35-16-14-31/h3-6,17-18H,7-16H2,1-2H3,(H,27,32). The number of fused-ring (bicyclic) bond motifs is 1. The Bertz CT molecular complexity index is 1360. The number of carbonyl (C=O) groups is 1. The molecule has 1 aromatic heterocycles. The van der Waals surface area contributed by atoms with E-state index in [2.05, 4.69) is 41.1 Å². The number of hydrogen-bond acceptors (Lipinski definition) is 8. The van der Waals surface area contributed by atoms with E-state index in [0.717, 1.165) is 43.4 Å². The first kappa shape index (κ1) is 26.1. The summed E-state index contributed by atoms with van der Waals surface area (Å²) in [7, 11) is -3.57. The first-order valence-corrected chi connectivity index (χ1v) is 14.9. The van der Waals surface area contributed by atoms with Crippen LogP contribution >= 0.6 is 11.3 Å². The third-order valence-electron chi connectivity index (χ3n) is 6.90. The minimum Gasteiger partial charge on any atom is -0.379 e. The molecule has 2 fully saturated rings. The number of piperazine rings is 1. The number of anilines is 1. The van der Waals surface area contributed by atoms with Gasteiger partial charge >= 0.3 is 0 Å². The van der Waals surface area contributed by atoms with Gasteiger partial charge in [0.15, 0.2) is 5.13 Å². The van der Waals surface area contributed by atoms with Gasteiger partial charge in [0.1, 0.15) is 0 Å². The quantitative estimate of drug-likeness (QED) is 0.489. The van der Waals surface area contributed by atoms with Crippen LogP contribution in [-0.2, 0) is 14.8 Å². The fourth-order valence-electron chi connectivity index (χ4n) is 4.80. The second kappa shape index (κ2) is 11.0. The number of nitrogens with one attached hydrogen (secondary N) is 1. The predicted octanol–water partition coefficient (Wildman–Crippen LogP) is 2.49. The molecule has 11 heteroatoms. The van der Waals surface area contributed by atoms with Gasteiger partial charge in [-0.05, 0) is 55.3 Å². The molecule has 1 N–H and O–H groups in total. The molecule has 0 saturated carbocycles. The number of amides is 1. The van der Waals surface area contributed by atoms with Crippen molar-refractivity contribution >= 4 is 42.6 Å². The van der Waals surface area contributed by atoms with Gasteiger partial charge < -0.3 is 15.0 Å². The van der Waals surface area contributed by atoms with Crippen LogP contribution in [0.25, 0.3) is 10.2 Å². The van der Waals surface area contributed by atoms with E-state index >= 15 is 0 Å². The summed E-state index contributed by atoms with van der Waals surface area (Å²) in [5.74, 6) is -0.200. The van der Waals surface area contributed by atoms with E-state index in [0.29, 0.717) is 38.4 Å². The number of thiazole rings is 1. The van der Waals surface area contributed by atoms with Crippen molar-refractivity contribution in [2.24, 2.45) is 0 Å². The van der Waals surface area contributed by atoms with Crippen molar-refractivity contribution < 1.29 is 17.9 Å². The Morgan fingerprint density at radius 3 is 2.43 bits per heavy atom. The minimum atomic E-state index is -3.57. The molecule has 37 heavy (non-hydrogen) atoms. The second-order valence-corrected chi connectivity index (χ2v) is 12.5. The van der Waals surface area contributed by atoms with Crippen LogP contribution in [0.5, 0.6) is 0 Å². The van der Waals surface area contributed by atoms with E-state index in [-0.39, 0.29) is 10.8 Å². The van der Waals surface area contributed by atoms with Crippen molar-refractivity contribution in [1.29, 1.82) is 0 Å². The van der Waals surface area contributed by atoms with Crippen molar-refractivity contribution in [3.8, 4) is 0 Å². The van der Waals surface area contributed by atoms with Crippen molar-refractivity contribution in [1.82, 2.24) is 19.5 Å². The highest BCUT2D eigenvalue weighted by Gasteiger charge is 2.26. The second-order valence-electron chi connectivity index (χ2n) is 9.55. The van der Waals surface area contributed by atoms with E-state index in [1.165, 1.54) is 32.3 Å². The minimum absolute atomic E-state index is 0.197. The molecule has 0 spiro atoms. The lowest BCUT2D eigenvalue weighted by atomic mass is 10.1. The van der Waals surface area contributed by atoms with Crippen LogP contribution in [0.3, 0.4) is 0 Å². The molecule has 0 bridgehead atoms. The molecule has 2 aliphatic rings. The van der Waals surface area contributed by atoms with Gasteiger partial charge in [0.2, 0.25) is 10.0 Å². The number of nitrogens with zero attached hydrogens (tertiary/aromatic N) is 4. The van der Waals surface area contributed by atoms with E-state index in [1.54, 1.807) is 23.5 Å². The Morgan fingerprint density at radius 2 is 1.73 bits per heavy atom. The number of sulfonamides is 1. The monoisotopic (exact) mass is 543 g/mol. The lowest BCUT2D eigenvalue weighted by Gasteiger charge is -2.34. The first-order chi connectivity index (χ1) is 17.8. The average Bonchev–Trinajstić information content (AvgIpc) is 3.34. The summed E-state index contributed by atoms with van der Waals surface area (Å²) in [6.45, 7) is 10.7. The Hall–Kier alpha value is -2.57. The Kier molecular flexibility index (Phi) is 7.77. The van der Waals surface area contributed by atoms with E-state index in [1.807, 2.05) is 0 Å². The van der Waals surface area contributed by atoms with Gasteiger partial charge in [-0.2, -0.15) is 4.31 Å². The molecule has 1 amide bonds. The molecule has 9 nitrogen and oxygen atoms in total. The van der Waals surface area contributed by atoms with Crippen LogP contribution in [0.2, 0.25) is 0 Å². The van der Waals surface area contributed by atoms with Gasteiger partial charge in [0, 0.05) is 57.9 Å². The molecule has 3 aromatic rings. The zero-order chi connectivity index (χ0) is 26.0. The smallest absolute Gasteiger partial charge is 0.251 e. The van der Waals surface area contributed by atoms with E-state index in [9.17, 15) is 13.2 Å². The third kappa shape index (κ3) is 5.80. The number of aromatic nitrogens is 1. The number of hydrogen-bond donors (Lipinski definition) is 1. The van der Waals surface area contributed by atoms with Crippen molar-refractivity contribution in [3.63, 3.8) is 0 Å². The summed E-state index contributed by atoms with van der Waals surface area (Å²) in [5, 5.41) is 4.04. The summed E-state index contributed by atoms with van der Waals surface area (Å²) in [6.07, 6.45) is 0. The van der Waals surface area contributed by atoms with Crippen LogP contribution < -0.4 is 10.2 Å². The normalized spacial score (nSPS) is 17.8. The highest BCUT2D eigenvalue weighted by atomic mass is 32.2. The Morgan fingerprint density at radius 1 is 1.03 bits per heavy atom. The van der Waals surface area contributed by atoms with E-state index in [4.69, 9.17) is 9.72 Å². The van der Waals surface area contributed by atoms with Crippen molar-refractivity contribution in [2.75, 3.05) is 70.5 Å². The van der Waals surface area contributed by atoms with Crippen LogP contribution in [0.1, 0.15) is 21.5 Å². The maximum atomic E-state index is 12.8. The number of aryl methyl sites for hydroxylation is 2. The lowest BCUT2D eigenvalue weighted by molar-refractivity contribution is 0.0730. The van der Waals surface area contributed by atoms with Gasteiger partial charge in [-0.15, -0.1) is 0 Å². The largest absolute Gasteiger partial charge is 0.379 e. The molecular formula is C26H33N5O4S2. The van der Waals surface area contributed by atoms with E-state index < -0.39 is 10.0 Å². The molecule has 0 atom stereocenters. The molecule has 0 aliphatic carbocycles. The highest BCUT2D eigenvalue weighted by molar-refractivity contribution is 7.89. The summed E-state index contributed by atoms with van der Waals surface area (Å²) < 4.78 is 33.4. The summed E-state index contributed by atoms with van der Waals surface area (Å²) in [5.41, 5.74) is 4.04. The molecule has 3 heterocycles. The Labute approximate surface area is 222 Å². The number of morpholine rings is 1. The lowest BCUT2D eigenvalue weighted by Crippen LogP contribution is -2.48. The molecule has 2 aliphatic heterocycles. The number of rotatable bonds is 7. The van der Waals surface area contributed by atoms with Crippen LogP contribution in [0, 0.1) is 13.8 Å². The molecule has 198 valence electrons. The van der Waals surface area contributed by atoms with Gasteiger partial charge in [0.25, 0.3) is 5.91 Å². The molecule has 0 radical (unpaired) electrons. The molecule has 2 aromatic carbocycles. The van der Waals surface area contributed by atoms with Crippen molar-refractivity contribution in [3.05, 3.63) is 53.1 Å². The van der Waals surface area contributed by atoms with Gasteiger partial charge in [0.05, 0.1) is 28.3 Å². The first-order valence-electron chi connectivity index (χ1n) is 12.6. The average molecular weight is 544 g/mol.